The lowest BCUT2D eigenvalue weighted by Crippen LogP contribution is -1.88. The zero-order valence-corrected chi connectivity index (χ0v) is 10.5. The second-order valence-electron chi connectivity index (χ2n) is 4.06. The number of imidazole rings is 1. The summed E-state index contributed by atoms with van der Waals surface area (Å²) in [4.78, 5) is 11.9. The Labute approximate surface area is 111 Å². The van der Waals surface area contributed by atoms with Gasteiger partial charge in [-0.25, -0.2) is 4.98 Å². The maximum absolute atomic E-state index is 5.35. The predicted molar refractivity (Wildman–Crippen MR) is 73.8 cm³/mol. The number of aromatic nitrogens is 3. The molecule has 0 amide bonds. The molecule has 2 heterocycles. The van der Waals surface area contributed by atoms with Crippen LogP contribution < -0.4 is 4.74 Å². The van der Waals surface area contributed by atoms with E-state index in [1.54, 1.807) is 19.5 Å². The first-order valence-corrected chi connectivity index (χ1v) is 5.98. The van der Waals surface area contributed by atoms with Crippen LogP contribution in [0.3, 0.4) is 0 Å². The zero-order chi connectivity index (χ0) is 13.1. The molecular formula is C15H13N3O. The summed E-state index contributed by atoms with van der Waals surface area (Å²) in [6.07, 6.45) is 3.54. The molecule has 0 aliphatic heterocycles. The van der Waals surface area contributed by atoms with Crippen molar-refractivity contribution in [3.05, 3.63) is 54.9 Å². The second-order valence-corrected chi connectivity index (χ2v) is 4.06. The first-order chi connectivity index (χ1) is 9.38. The predicted octanol–water partition coefficient (Wildman–Crippen LogP) is 3.15. The van der Waals surface area contributed by atoms with Crippen molar-refractivity contribution in [1.82, 2.24) is 15.0 Å². The summed E-state index contributed by atoms with van der Waals surface area (Å²) < 4.78 is 5.35. The number of pyridine rings is 1. The Morgan fingerprint density at radius 3 is 2.63 bits per heavy atom. The van der Waals surface area contributed by atoms with Gasteiger partial charge in [-0.2, -0.15) is 0 Å². The number of para-hydroxylation sites is 1. The van der Waals surface area contributed by atoms with Gasteiger partial charge in [0, 0.05) is 11.8 Å². The van der Waals surface area contributed by atoms with Crippen molar-refractivity contribution in [2.45, 2.75) is 0 Å². The van der Waals surface area contributed by atoms with E-state index in [1.807, 2.05) is 42.5 Å². The van der Waals surface area contributed by atoms with Gasteiger partial charge in [-0.1, -0.05) is 18.2 Å². The Morgan fingerprint density at radius 2 is 1.84 bits per heavy atom. The molecule has 3 aromatic rings. The molecule has 0 unspecified atom stereocenters. The van der Waals surface area contributed by atoms with Crippen LogP contribution in [0.15, 0.2) is 54.9 Å². The van der Waals surface area contributed by atoms with E-state index in [0.717, 1.165) is 28.5 Å². The number of H-pyrrole nitrogens is 1. The smallest absolute Gasteiger partial charge is 0.156 e. The fourth-order valence-corrected chi connectivity index (χ4v) is 1.96. The Bertz CT molecular complexity index is 677. The van der Waals surface area contributed by atoms with Crippen LogP contribution in [0.25, 0.3) is 22.8 Å². The maximum Gasteiger partial charge on any atom is 0.156 e. The minimum absolute atomic E-state index is 0.751. The average molecular weight is 251 g/mol. The van der Waals surface area contributed by atoms with E-state index in [9.17, 15) is 0 Å². The van der Waals surface area contributed by atoms with Gasteiger partial charge in [0.15, 0.2) is 5.82 Å². The fraction of sp³-hybridized carbons (Fsp3) is 0.0667. The molecule has 1 N–H and O–H groups in total. The Morgan fingerprint density at radius 1 is 1.00 bits per heavy atom. The summed E-state index contributed by atoms with van der Waals surface area (Å²) in [7, 11) is 1.66. The summed E-state index contributed by atoms with van der Waals surface area (Å²) in [5.41, 5.74) is 2.72. The van der Waals surface area contributed by atoms with E-state index in [4.69, 9.17) is 4.74 Å². The molecular weight excluding hydrogens is 238 g/mol. The highest BCUT2D eigenvalue weighted by atomic mass is 16.5. The van der Waals surface area contributed by atoms with Gasteiger partial charge < -0.3 is 9.72 Å². The molecule has 0 aliphatic rings. The highest BCUT2D eigenvalue weighted by molar-refractivity contribution is 5.68. The van der Waals surface area contributed by atoms with E-state index in [0.29, 0.717) is 0 Å². The summed E-state index contributed by atoms with van der Waals surface area (Å²) >= 11 is 0. The second kappa shape index (κ2) is 4.94. The molecule has 94 valence electrons. The van der Waals surface area contributed by atoms with Crippen molar-refractivity contribution in [2.75, 3.05) is 7.11 Å². The Balaban J connectivity index is 2.02. The first-order valence-electron chi connectivity index (χ1n) is 5.98. The Kier molecular flexibility index (Phi) is 2.98. The van der Waals surface area contributed by atoms with Gasteiger partial charge >= 0.3 is 0 Å². The molecule has 0 atom stereocenters. The topological polar surface area (TPSA) is 50.8 Å². The third-order valence-electron chi connectivity index (χ3n) is 2.88. The molecule has 3 rings (SSSR count). The lowest BCUT2D eigenvalue weighted by molar-refractivity contribution is 0.416. The van der Waals surface area contributed by atoms with Gasteiger partial charge in [0.05, 0.1) is 19.0 Å². The highest BCUT2D eigenvalue weighted by Crippen LogP contribution is 2.29. The molecule has 4 nitrogen and oxygen atoms in total. The summed E-state index contributed by atoms with van der Waals surface area (Å²) in [6.45, 7) is 0. The van der Waals surface area contributed by atoms with Gasteiger partial charge in [-0.15, -0.1) is 0 Å². The van der Waals surface area contributed by atoms with E-state index in [-0.39, 0.29) is 0 Å². The summed E-state index contributed by atoms with van der Waals surface area (Å²) in [6, 6.07) is 13.6. The quantitative estimate of drug-likeness (QED) is 0.778. The average Bonchev–Trinajstić information content (AvgIpc) is 2.98. The third kappa shape index (κ3) is 2.20. The van der Waals surface area contributed by atoms with Crippen LogP contribution in [0.1, 0.15) is 0 Å². The minimum Gasteiger partial charge on any atom is -0.496 e. The molecule has 0 fully saturated rings. The van der Waals surface area contributed by atoms with Gasteiger partial charge in [0.1, 0.15) is 11.4 Å². The number of aromatic amines is 1. The van der Waals surface area contributed by atoms with Crippen molar-refractivity contribution in [2.24, 2.45) is 0 Å². The highest BCUT2D eigenvalue weighted by Gasteiger charge is 2.09. The van der Waals surface area contributed by atoms with Crippen LogP contribution in [0.5, 0.6) is 5.75 Å². The number of methoxy groups -OCH3 is 1. The number of hydrogen-bond donors (Lipinski definition) is 1. The number of nitrogens with one attached hydrogen (secondary N) is 1. The number of benzene rings is 1. The van der Waals surface area contributed by atoms with Gasteiger partial charge in [0.25, 0.3) is 0 Å². The summed E-state index contributed by atoms with van der Waals surface area (Å²) in [5, 5.41) is 0. The molecule has 0 radical (unpaired) electrons. The maximum atomic E-state index is 5.35. The van der Waals surface area contributed by atoms with Crippen molar-refractivity contribution in [1.29, 1.82) is 0 Å². The molecule has 19 heavy (non-hydrogen) atoms. The third-order valence-corrected chi connectivity index (χ3v) is 2.88. The van der Waals surface area contributed by atoms with Crippen LogP contribution in [0.2, 0.25) is 0 Å². The Hall–Kier alpha value is -2.62. The molecule has 4 heteroatoms. The minimum atomic E-state index is 0.751. The number of hydrogen-bond acceptors (Lipinski definition) is 3. The molecule has 0 bridgehead atoms. The largest absolute Gasteiger partial charge is 0.496 e. The van der Waals surface area contributed by atoms with Crippen molar-refractivity contribution >= 4 is 0 Å². The normalized spacial score (nSPS) is 10.4. The molecule has 0 saturated carbocycles. The fourth-order valence-electron chi connectivity index (χ4n) is 1.96. The number of ether oxygens (including phenoxy) is 1. The monoisotopic (exact) mass is 251 g/mol. The van der Waals surface area contributed by atoms with E-state index < -0.39 is 0 Å². The van der Waals surface area contributed by atoms with Crippen LogP contribution in [0, 0.1) is 0 Å². The van der Waals surface area contributed by atoms with Crippen LogP contribution >= 0.6 is 0 Å². The van der Waals surface area contributed by atoms with Crippen LogP contribution in [-0.4, -0.2) is 22.1 Å². The SMILES string of the molecule is COc1ccccc1-c1cnc(-c2ccccn2)[nH]1. The van der Waals surface area contributed by atoms with Crippen molar-refractivity contribution in [3.8, 4) is 28.5 Å². The van der Waals surface area contributed by atoms with Crippen LogP contribution in [-0.2, 0) is 0 Å². The van der Waals surface area contributed by atoms with Gasteiger partial charge in [0.2, 0.25) is 0 Å². The molecule has 1 aromatic carbocycles. The van der Waals surface area contributed by atoms with E-state index in [2.05, 4.69) is 15.0 Å². The molecule has 0 saturated heterocycles. The zero-order valence-electron chi connectivity index (χ0n) is 10.5. The van der Waals surface area contributed by atoms with Crippen molar-refractivity contribution < 1.29 is 4.74 Å². The number of rotatable bonds is 3. The van der Waals surface area contributed by atoms with Gasteiger partial charge in [-0.05, 0) is 24.3 Å². The van der Waals surface area contributed by atoms with Gasteiger partial charge in [-0.3, -0.25) is 4.98 Å². The van der Waals surface area contributed by atoms with E-state index in [1.165, 1.54) is 0 Å². The lowest BCUT2D eigenvalue weighted by Gasteiger charge is -2.05. The standard InChI is InChI=1S/C15H13N3O/c1-19-14-8-3-2-6-11(14)13-10-17-15(18-13)12-7-4-5-9-16-12/h2-10H,1H3,(H,17,18). The molecule has 2 aromatic heterocycles. The van der Waals surface area contributed by atoms with E-state index >= 15 is 0 Å². The molecule has 0 aliphatic carbocycles. The molecule has 0 spiro atoms. The van der Waals surface area contributed by atoms with Crippen LogP contribution in [0.4, 0.5) is 0 Å². The lowest BCUT2D eigenvalue weighted by atomic mass is 10.1. The first kappa shape index (κ1) is 11.5. The summed E-state index contributed by atoms with van der Waals surface area (Å²) in [5.74, 6) is 1.57. The van der Waals surface area contributed by atoms with Crippen molar-refractivity contribution in [3.63, 3.8) is 0 Å². The number of nitrogens with zero attached hydrogens (tertiary/aromatic N) is 2.